The molecule has 3 rings (SSSR count). The van der Waals surface area contributed by atoms with Crippen LogP contribution < -0.4 is 0 Å². The standard InChI is InChI=1S/C17H11F6NOS/c18-11-2-4-13(19)10(5-11)7-24-15(25)8-26-16(24)9-1-3-12(14(20)6-9)17(21,22)23/h1-6,16H,7-8H2. The van der Waals surface area contributed by atoms with Gasteiger partial charge >= 0.3 is 6.18 Å². The van der Waals surface area contributed by atoms with E-state index >= 15 is 0 Å². The van der Waals surface area contributed by atoms with Crippen molar-refractivity contribution in [1.82, 2.24) is 4.90 Å². The zero-order valence-electron chi connectivity index (χ0n) is 13.0. The van der Waals surface area contributed by atoms with E-state index in [1.807, 2.05) is 0 Å². The van der Waals surface area contributed by atoms with Crippen molar-refractivity contribution in [1.29, 1.82) is 0 Å². The number of alkyl halides is 3. The molecule has 1 saturated heterocycles. The van der Waals surface area contributed by atoms with Crippen molar-refractivity contribution in [3.8, 4) is 0 Å². The van der Waals surface area contributed by atoms with Gasteiger partial charge in [-0.1, -0.05) is 6.07 Å². The summed E-state index contributed by atoms with van der Waals surface area (Å²) in [6.45, 7) is -0.275. The second-order valence-electron chi connectivity index (χ2n) is 5.66. The number of rotatable bonds is 3. The van der Waals surface area contributed by atoms with E-state index < -0.39 is 40.5 Å². The smallest absolute Gasteiger partial charge is 0.321 e. The maximum Gasteiger partial charge on any atom is 0.419 e. The Morgan fingerprint density at radius 2 is 1.77 bits per heavy atom. The first kappa shape index (κ1) is 18.6. The van der Waals surface area contributed by atoms with Gasteiger partial charge in [0.05, 0.1) is 17.9 Å². The minimum Gasteiger partial charge on any atom is -0.321 e. The molecule has 1 heterocycles. The van der Waals surface area contributed by atoms with Gasteiger partial charge in [0, 0.05) is 5.56 Å². The van der Waals surface area contributed by atoms with E-state index in [0.717, 1.165) is 36.0 Å². The Kier molecular flexibility index (Phi) is 4.92. The molecule has 9 heteroatoms. The molecule has 1 fully saturated rings. The van der Waals surface area contributed by atoms with Crippen molar-refractivity contribution in [2.75, 3.05) is 5.75 Å². The Balaban J connectivity index is 1.91. The van der Waals surface area contributed by atoms with Gasteiger partial charge in [-0.05, 0) is 35.9 Å². The highest BCUT2D eigenvalue weighted by molar-refractivity contribution is 8.00. The predicted octanol–water partition coefficient (Wildman–Crippen LogP) is 4.90. The van der Waals surface area contributed by atoms with Gasteiger partial charge in [-0.2, -0.15) is 13.2 Å². The van der Waals surface area contributed by atoms with Gasteiger partial charge in [-0.25, -0.2) is 13.2 Å². The summed E-state index contributed by atoms with van der Waals surface area (Å²) in [6, 6.07) is 5.20. The van der Waals surface area contributed by atoms with Crippen LogP contribution in [-0.4, -0.2) is 16.6 Å². The number of amides is 1. The average molecular weight is 391 g/mol. The monoisotopic (exact) mass is 391 g/mol. The van der Waals surface area contributed by atoms with E-state index in [2.05, 4.69) is 0 Å². The Bertz CT molecular complexity index is 854. The lowest BCUT2D eigenvalue weighted by Crippen LogP contribution is -2.28. The van der Waals surface area contributed by atoms with Crippen LogP contribution in [0.1, 0.15) is 22.1 Å². The molecule has 1 amide bonds. The van der Waals surface area contributed by atoms with Gasteiger partial charge in [0.25, 0.3) is 0 Å². The molecule has 0 spiro atoms. The predicted molar refractivity (Wildman–Crippen MR) is 83.5 cm³/mol. The lowest BCUT2D eigenvalue weighted by molar-refractivity contribution is -0.140. The lowest BCUT2D eigenvalue weighted by atomic mass is 10.1. The molecule has 2 nitrogen and oxygen atoms in total. The molecule has 0 aliphatic carbocycles. The van der Waals surface area contributed by atoms with Crippen molar-refractivity contribution < 1.29 is 31.1 Å². The molecule has 1 aliphatic rings. The molecular weight excluding hydrogens is 380 g/mol. The van der Waals surface area contributed by atoms with Crippen molar-refractivity contribution in [2.45, 2.75) is 18.1 Å². The zero-order valence-corrected chi connectivity index (χ0v) is 13.8. The second kappa shape index (κ2) is 6.86. The summed E-state index contributed by atoms with van der Waals surface area (Å²) in [4.78, 5) is 13.3. The first-order valence-corrected chi connectivity index (χ1v) is 8.43. The number of thioether (sulfide) groups is 1. The zero-order chi connectivity index (χ0) is 19.1. The molecule has 0 bridgehead atoms. The largest absolute Gasteiger partial charge is 0.419 e. The summed E-state index contributed by atoms with van der Waals surface area (Å²) in [7, 11) is 0. The average Bonchev–Trinajstić information content (AvgIpc) is 2.90. The molecule has 0 saturated carbocycles. The fourth-order valence-corrected chi connectivity index (χ4v) is 3.84. The number of benzene rings is 2. The number of carbonyl (C=O) groups excluding carboxylic acids is 1. The summed E-state index contributed by atoms with van der Waals surface area (Å²) in [5.41, 5.74) is -1.33. The molecule has 1 atom stereocenters. The molecule has 0 aromatic heterocycles. The van der Waals surface area contributed by atoms with Gasteiger partial charge in [0.1, 0.15) is 22.8 Å². The first-order valence-electron chi connectivity index (χ1n) is 7.38. The molecule has 2 aromatic carbocycles. The Labute approximate surface area is 148 Å². The second-order valence-corrected chi connectivity index (χ2v) is 6.73. The van der Waals surface area contributed by atoms with Crippen LogP contribution in [0.4, 0.5) is 26.3 Å². The summed E-state index contributed by atoms with van der Waals surface area (Å²) >= 11 is 1.08. The summed E-state index contributed by atoms with van der Waals surface area (Å²) in [5.74, 6) is -3.24. The number of carbonyl (C=O) groups is 1. The Morgan fingerprint density at radius 3 is 2.42 bits per heavy atom. The lowest BCUT2D eigenvalue weighted by Gasteiger charge is -2.25. The van der Waals surface area contributed by atoms with Crippen LogP contribution >= 0.6 is 11.8 Å². The summed E-state index contributed by atoms with van der Waals surface area (Å²) in [5, 5.41) is -0.790. The highest BCUT2D eigenvalue weighted by Gasteiger charge is 2.37. The molecule has 1 aliphatic heterocycles. The van der Waals surface area contributed by atoms with Gasteiger partial charge in [-0.15, -0.1) is 11.8 Å². The highest BCUT2D eigenvalue weighted by atomic mass is 32.2. The minimum absolute atomic E-state index is 0.00421. The van der Waals surface area contributed by atoms with Gasteiger partial charge in [0.2, 0.25) is 5.91 Å². The maximum atomic E-state index is 13.8. The van der Waals surface area contributed by atoms with E-state index in [-0.39, 0.29) is 23.4 Å². The van der Waals surface area contributed by atoms with Crippen LogP contribution in [0.5, 0.6) is 0 Å². The van der Waals surface area contributed by atoms with Crippen LogP contribution in [0, 0.1) is 17.5 Å². The van der Waals surface area contributed by atoms with Gasteiger partial charge < -0.3 is 4.90 Å². The number of hydrogen-bond acceptors (Lipinski definition) is 2. The topological polar surface area (TPSA) is 20.3 Å². The van der Waals surface area contributed by atoms with Crippen LogP contribution in [-0.2, 0) is 17.5 Å². The molecule has 2 aromatic rings. The summed E-state index contributed by atoms with van der Waals surface area (Å²) < 4.78 is 79.0. The minimum atomic E-state index is -4.83. The third-order valence-electron chi connectivity index (χ3n) is 3.90. The third kappa shape index (κ3) is 3.67. The Hall–Kier alpha value is -2.16. The van der Waals surface area contributed by atoms with Crippen molar-refractivity contribution in [3.63, 3.8) is 0 Å². The molecule has 138 valence electrons. The summed E-state index contributed by atoms with van der Waals surface area (Å²) in [6.07, 6.45) is -4.83. The molecule has 0 N–H and O–H groups in total. The van der Waals surface area contributed by atoms with Crippen LogP contribution in [0.2, 0.25) is 0 Å². The van der Waals surface area contributed by atoms with E-state index in [9.17, 15) is 31.1 Å². The number of nitrogens with zero attached hydrogens (tertiary/aromatic N) is 1. The van der Waals surface area contributed by atoms with Gasteiger partial charge in [0.15, 0.2) is 0 Å². The van der Waals surface area contributed by atoms with Crippen molar-refractivity contribution in [2.24, 2.45) is 0 Å². The van der Waals surface area contributed by atoms with Gasteiger partial charge in [-0.3, -0.25) is 4.79 Å². The fraction of sp³-hybridized carbons (Fsp3) is 0.235. The van der Waals surface area contributed by atoms with Crippen LogP contribution in [0.3, 0.4) is 0 Å². The molecular formula is C17H11F6NOS. The number of hydrogen-bond donors (Lipinski definition) is 0. The van der Waals surface area contributed by atoms with Crippen LogP contribution in [0.15, 0.2) is 36.4 Å². The first-order chi connectivity index (χ1) is 12.2. The molecule has 26 heavy (non-hydrogen) atoms. The quantitative estimate of drug-likeness (QED) is 0.694. The highest BCUT2D eigenvalue weighted by Crippen LogP contribution is 2.41. The van der Waals surface area contributed by atoms with Crippen LogP contribution in [0.25, 0.3) is 0 Å². The maximum absolute atomic E-state index is 13.8. The van der Waals surface area contributed by atoms with Crippen molar-refractivity contribution >= 4 is 17.7 Å². The molecule has 1 unspecified atom stereocenters. The van der Waals surface area contributed by atoms with Crippen molar-refractivity contribution in [3.05, 3.63) is 70.5 Å². The third-order valence-corrected chi connectivity index (χ3v) is 5.16. The van der Waals surface area contributed by atoms with E-state index in [0.29, 0.717) is 12.1 Å². The van der Waals surface area contributed by atoms with E-state index in [4.69, 9.17) is 0 Å². The fourth-order valence-electron chi connectivity index (χ4n) is 2.66. The molecule has 0 radical (unpaired) electrons. The van der Waals surface area contributed by atoms with E-state index in [1.165, 1.54) is 4.90 Å². The van der Waals surface area contributed by atoms with E-state index in [1.54, 1.807) is 0 Å². The number of halogens is 6. The normalized spacial score (nSPS) is 17.8. The SMILES string of the molecule is O=C1CSC(c2ccc(C(F)(F)F)c(F)c2)N1Cc1cc(F)ccc1F. The Morgan fingerprint density at radius 1 is 1.04 bits per heavy atom.